The van der Waals surface area contributed by atoms with Crippen molar-refractivity contribution < 1.29 is 24.2 Å². The third-order valence-corrected chi connectivity index (χ3v) is 7.59. The van der Waals surface area contributed by atoms with Gasteiger partial charge in [0.2, 0.25) is 17.7 Å². The van der Waals surface area contributed by atoms with E-state index in [4.69, 9.17) is 21.1 Å². The number of aliphatic hydroxyl groups is 1. The zero-order valence-corrected chi connectivity index (χ0v) is 23.7. The molecule has 2 atom stereocenters. The van der Waals surface area contributed by atoms with Crippen molar-refractivity contribution in [3.05, 3.63) is 64.4 Å². The zero-order chi connectivity index (χ0) is 28.9. The summed E-state index contributed by atoms with van der Waals surface area (Å²) in [4.78, 5) is 41.3. The Hall–Kier alpha value is -3.80. The second-order valence-electron chi connectivity index (χ2n) is 10.0. The minimum absolute atomic E-state index is 0.219. The monoisotopic (exact) mass is 580 g/mol. The maximum atomic E-state index is 13.5. The molecule has 216 valence electrons. The van der Waals surface area contributed by atoms with Crippen molar-refractivity contribution in [2.75, 3.05) is 31.7 Å². The van der Waals surface area contributed by atoms with E-state index in [0.717, 1.165) is 18.4 Å². The molecule has 3 N–H and O–H groups in total. The summed E-state index contributed by atoms with van der Waals surface area (Å²) in [5, 5.41) is 16.5. The molecule has 0 spiro atoms. The zero-order valence-electron chi connectivity index (χ0n) is 23.0. The van der Waals surface area contributed by atoms with Crippen molar-refractivity contribution in [1.29, 1.82) is 0 Å². The van der Waals surface area contributed by atoms with Gasteiger partial charge in [-0.05, 0) is 49.9 Å². The molecule has 4 heterocycles. The number of amides is 2. The van der Waals surface area contributed by atoms with Crippen molar-refractivity contribution in [3.63, 3.8) is 0 Å². The molecule has 1 aromatic carbocycles. The molecule has 3 aromatic rings. The van der Waals surface area contributed by atoms with Crippen molar-refractivity contribution in [1.82, 2.24) is 25.2 Å². The minimum Gasteiger partial charge on any atom is -0.478 e. The number of halogens is 1. The van der Waals surface area contributed by atoms with E-state index in [1.165, 1.54) is 4.90 Å². The average Bonchev–Trinajstić information content (AvgIpc) is 3.32. The van der Waals surface area contributed by atoms with Crippen molar-refractivity contribution in [3.8, 4) is 17.1 Å². The van der Waals surface area contributed by atoms with Crippen LogP contribution in [0.25, 0.3) is 11.3 Å². The Morgan fingerprint density at radius 3 is 2.80 bits per heavy atom. The fraction of sp³-hybridized carbons (Fsp3) is 0.414. The van der Waals surface area contributed by atoms with Gasteiger partial charge in [0, 0.05) is 49.2 Å². The number of carbonyl (C=O) groups excluding carboxylic acids is 2. The number of benzene rings is 1. The minimum atomic E-state index is -0.779. The van der Waals surface area contributed by atoms with Gasteiger partial charge >= 0.3 is 0 Å². The van der Waals surface area contributed by atoms with Crippen LogP contribution in [0.5, 0.6) is 5.88 Å². The topological polar surface area (TPSA) is 139 Å². The van der Waals surface area contributed by atoms with Crippen LogP contribution in [-0.2, 0) is 16.1 Å². The molecule has 41 heavy (non-hydrogen) atoms. The summed E-state index contributed by atoms with van der Waals surface area (Å²) in [5.74, 6) is 0.222. The molecule has 1 fully saturated rings. The number of nitrogens with one attached hydrogen (secondary N) is 2. The lowest BCUT2D eigenvalue weighted by Gasteiger charge is -2.26. The van der Waals surface area contributed by atoms with E-state index < -0.39 is 12.1 Å². The van der Waals surface area contributed by atoms with Crippen LogP contribution in [0.3, 0.4) is 0 Å². The van der Waals surface area contributed by atoms with E-state index in [0.29, 0.717) is 59.1 Å². The van der Waals surface area contributed by atoms with Crippen LogP contribution < -0.4 is 15.4 Å². The normalized spacial score (nSPS) is 16.7. The highest BCUT2D eigenvalue weighted by molar-refractivity contribution is 6.33. The first-order valence-electron chi connectivity index (χ1n) is 13.7. The van der Waals surface area contributed by atoms with E-state index >= 15 is 0 Å². The summed E-state index contributed by atoms with van der Waals surface area (Å²) in [6.45, 7) is 5.30. The van der Waals surface area contributed by atoms with Crippen LogP contribution in [-0.4, -0.2) is 75.3 Å². The number of rotatable bonds is 10. The highest BCUT2D eigenvalue weighted by atomic mass is 35.5. The van der Waals surface area contributed by atoms with Gasteiger partial charge in [0.1, 0.15) is 6.04 Å². The summed E-state index contributed by atoms with van der Waals surface area (Å²) in [6, 6.07) is 7.63. The van der Waals surface area contributed by atoms with E-state index in [1.807, 2.05) is 19.1 Å². The third kappa shape index (κ3) is 6.42. The molecule has 2 aliphatic rings. The maximum Gasteiger partial charge on any atom is 0.255 e. The Kier molecular flexibility index (Phi) is 8.96. The molecule has 0 bridgehead atoms. The highest BCUT2D eigenvalue weighted by Gasteiger charge is 2.35. The number of anilines is 1. The van der Waals surface area contributed by atoms with Crippen molar-refractivity contribution in [2.24, 2.45) is 0 Å². The number of aliphatic hydroxyl groups excluding tert-OH is 1. The number of hydrogen-bond acceptors (Lipinski definition) is 9. The number of aromatic nitrogens is 3. The van der Waals surface area contributed by atoms with E-state index in [-0.39, 0.29) is 31.0 Å². The molecule has 0 saturated carbocycles. The number of hydrogen-bond donors (Lipinski definition) is 3. The van der Waals surface area contributed by atoms with Gasteiger partial charge in [0.05, 0.1) is 36.2 Å². The Balaban J connectivity index is 1.29. The molecule has 2 aliphatic heterocycles. The summed E-state index contributed by atoms with van der Waals surface area (Å²) in [7, 11) is 0. The van der Waals surface area contributed by atoms with Gasteiger partial charge in [0.25, 0.3) is 5.91 Å². The Morgan fingerprint density at radius 2 is 2.05 bits per heavy atom. The molecule has 2 amide bonds. The van der Waals surface area contributed by atoms with E-state index in [9.17, 15) is 14.7 Å². The second kappa shape index (κ2) is 12.8. The third-order valence-electron chi connectivity index (χ3n) is 7.31. The van der Waals surface area contributed by atoms with Crippen LogP contribution in [0.1, 0.15) is 54.2 Å². The summed E-state index contributed by atoms with van der Waals surface area (Å²) in [5.41, 5.74) is 3.15. The predicted octanol–water partition coefficient (Wildman–Crippen LogP) is 3.38. The summed E-state index contributed by atoms with van der Waals surface area (Å²) in [6.07, 6.45) is 4.85. The lowest BCUT2D eigenvalue weighted by molar-refractivity contribution is -0.126. The number of carbonyl (C=O) groups is 2. The fourth-order valence-corrected chi connectivity index (χ4v) is 5.18. The molecule has 0 radical (unpaired) electrons. The molecular formula is C29H33ClN6O5. The fourth-order valence-electron chi connectivity index (χ4n) is 4.98. The first kappa shape index (κ1) is 28.7. The van der Waals surface area contributed by atoms with Crippen LogP contribution in [0, 0.1) is 0 Å². The quantitative estimate of drug-likeness (QED) is 0.329. The van der Waals surface area contributed by atoms with E-state index in [2.05, 4.69) is 25.6 Å². The number of pyridine rings is 1. The van der Waals surface area contributed by atoms with E-state index in [1.54, 1.807) is 37.5 Å². The number of nitrogens with zero attached hydrogens (tertiary/aromatic N) is 4. The van der Waals surface area contributed by atoms with Crippen LogP contribution >= 0.6 is 11.6 Å². The van der Waals surface area contributed by atoms with Gasteiger partial charge in [-0.15, -0.1) is 0 Å². The first-order valence-corrected chi connectivity index (χ1v) is 14.1. The molecule has 0 aliphatic carbocycles. The van der Waals surface area contributed by atoms with Gasteiger partial charge in [-0.2, -0.15) is 0 Å². The first-order chi connectivity index (χ1) is 19.9. The lowest BCUT2D eigenvalue weighted by Crippen LogP contribution is -2.46. The molecule has 11 nitrogen and oxygen atoms in total. The average molecular weight is 581 g/mol. The molecular weight excluding hydrogens is 548 g/mol. The van der Waals surface area contributed by atoms with Crippen LogP contribution in [0.4, 0.5) is 5.95 Å². The summed E-state index contributed by atoms with van der Waals surface area (Å²) >= 11 is 6.47. The Labute approximate surface area is 243 Å². The Bertz CT molecular complexity index is 1420. The van der Waals surface area contributed by atoms with Gasteiger partial charge in [-0.25, -0.2) is 15.0 Å². The Morgan fingerprint density at radius 1 is 1.24 bits per heavy atom. The second-order valence-corrected chi connectivity index (χ2v) is 10.4. The SMILES string of the molecule is CCOc1cc([C@@H](CO)NC(=O)[C@@H](C)N2Cc3ccc(-c4nc(NC5CCOCC5)ncc4Cl)cc3C2=O)ccn1. The highest BCUT2D eigenvalue weighted by Crippen LogP contribution is 2.32. The van der Waals surface area contributed by atoms with Crippen molar-refractivity contribution in [2.45, 2.75) is 51.4 Å². The molecule has 2 aromatic heterocycles. The summed E-state index contributed by atoms with van der Waals surface area (Å²) < 4.78 is 10.9. The largest absolute Gasteiger partial charge is 0.478 e. The predicted molar refractivity (Wildman–Crippen MR) is 153 cm³/mol. The smallest absolute Gasteiger partial charge is 0.255 e. The maximum absolute atomic E-state index is 13.5. The van der Waals surface area contributed by atoms with Gasteiger partial charge in [0.15, 0.2) is 0 Å². The van der Waals surface area contributed by atoms with Crippen LogP contribution in [0.2, 0.25) is 5.02 Å². The van der Waals surface area contributed by atoms with Gasteiger partial charge in [-0.1, -0.05) is 23.7 Å². The molecule has 5 rings (SSSR count). The molecule has 0 unspecified atom stereocenters. The molecule has 1 saturated heterocycles. The van der Waals surface area contributed by atoms with Gasteiger partial charge < -0.3 is 30.1 Å². The van der Waals surface area contributed by atoms with Gasteiger partial charge in [-0.3, -0.25) is 9.59 Å². The van der Waals surface area contributed by atoms with Crippen LogP contribution in [0.15, 0.2) is 42.7 Å². The lowest BCUT2D eigenvalue weighted by atomic mass is 10.0. The standard InChI is InChI=1S/C29H33ClN6O5/c1-3-41-25-13-18(6-9-31-25)24(16-37)34-27(38)17(2)36-15-20-5-4-19(12-22(20)28(36)39)26-23(30)14-32-29(35-26)33-21-7-10-40-11-8-21/h4-6,9,12-14,17,21,24,37H,3,7-8,10-11,15-16H2,1-2H3,(H,34,38)(H,32,33,35)/t17-,24-/m1/s1. The van der Waals surface area contributed by atoms with Crippen molar-refractivity contribution >= 4 is 29.4 Å². The molecule has 12 heteroatoms. The number of ether oxygens (including phenoxy) is 2. The number of fused-ring (bicyclic) bond motifs is 1.